The quantitative estimate of drug-likeness (QED) is 0.762. The molecule has 0 saturated carbocycles. The zero-order valence-electron chi connectivity index (χ0n) is 7.86. The van der Waals surface area contributed by atoms with Crippen molar-refractivity contribution in [1.82, 2.24) is 5.32 Å². The van der Waals surface area contributed by atoms with Crippen molar-refractivity contribution < 1.29 is 4.79 Å². The molecule has 1 aliphatic rings. The normalized spacial score (nSPS) is 21.4. The molecule has 1 atom stereocenters. The summed E-state index contributed by atoms with van der Waals surface area (Å²) >= 11 is 1.27. The molecule has 0 unspecified atom stereocenters. The molecule has 0 aromatic heterocycles. The molecule has 0 spiro atoms. The molecule has 0 aliphatic carbocycles. The van der Waals surface area contributed by atoms with Gasteiger partial charge in [-0.2, -0.15) is 0 Å². The Morgan fingerprint density at radius 3 is 2.64 bits per heavy atom. The predicted octanol–water partition coefficient (Wildman–Crippen LogP) is 2.24. The molecular weight excluding hydrogens is 194 g/mol. The van der Waals surface area contributed by atoms with Crippen molar-refractivity contribution in [2.75, 3.05) is 0 Å². The monoisotopic (exact) mass is 205 g/mol. The number of rotatable bonds is 1. The summed E-state index contributed by atoms with van der Waals surface area (Å²) in [5, 5.41) is 5.22. The van der Waals surface area contributed by atoms with E-state index < -0.39 is 0 Å². The molecule has 0 radical (unpaired) electrons. The molecule has 0 saturated heterocycles. The smallest absolute Gasteiger partial charge is 0.215 e. The van der Waals surface area contributed by atoms with Gasteiger partial charge in [-0.05, 0) is 12.5 Å². The van der Waals surface area contributed by atoms with Gasteiger partial charge in [-0.15, -0.1) is 0 Å². The van der Waals surface area contributed by atoms with Crippen molar-refractivity contribution in [3.8, 4) is 0 Å². The number of benzene rings is 1. The first kappa shape index (κ1) is 9.34. The van der Waals surface area contributed by atoms with Crippen LogP contribution in [0.25, 0.3) is 5.70 Å². The lowest BCUT2D eigenvalue weighted by molar-refractivity contribution is -0.112. The third kappa shape index (κ3) is 1.82. The summed E-state index contributed by atoms with van der Waals surface area (Å²) in [7, 11) is 0. The van der Waals surface area contributed by atoms with Crippen LogP contribution in [0.5, 0.6) is 0 Å². The molecule has 0 fully saturated rings. The first-order valence-electron chi connectivity index (χ1n) is 4.50. The fourth-order valence-electron chi connectivity index (χ4n) is 1.31. The van der Waals surface area contributed by atoms with Gasteiger partial charge in [-0.3, -0.25) is 4.79 Å². The molecule has 0 bridgehead atoms. The van der Waals surface area contributed by atoms with Crippen molar-refractivity contribution in [3.63, 3.8) is 0 Å². The van der Waals surface area contributed by atoms with Gasteiger partial charge in [0.25, 0.3) is 0 Å². The minimum absolute atomic E-state index is 0.0970. The highest BCUT2D eigenvalue weighted by atomic mass is 32.2. The van der Waals surface area contributed by atoms with E-state index in [2.05, 4.69) is 5.32 Å². The molecule has 1 aromatic carbocycles. The van der Waals surface area contributed by atoms with E-state index in [1.807, 2.05) is 42.7 Å². The summed E-state index contributed by atoms with van der Waals surface area (Å²) in [6.07, 6.45) is 0. The Hall–Kier alpha value is -1.22. The Bertz CT molecular complexity index is 372. The Morgan fingerprint density at radius 1 is 1.29 bits per heavy atom. The summed E-state index contributed by atoms with van der Waals surface area (Å²) < 4.78 is 0. The first-order valence-corrected chi connectivity index (χ1v) is 5.38. The van der Waals surface area contributed by atoms with Crippen molar-refractivity contribution in [3.05, 3.63) is 41.3 Å². The van der Waals surface area contributed by atoms with Crippen LogP contribution in [0.2, 0.25) is 0 Å². The highest BCUT2D eigenvalue weighted by Gasteiger charge is 2.19. The molecule has 2 rings (SSSR count). The van der Waals surface area contributed by atoms with Crippen LogP contribution in [0.3, 0.4) is 0 Å². The Balaban J connectivity index is 2.25. The number of thioether (sulfide) groups is 1. The fourth-order valence-corrected chi connectivity index (χ4v) is 2.02. The van der Waals surface area contributed by atoms with E-state index in [-0.39, 0.29) is 11.2 Å². The lowest BCUT2D eigenvalue weighted by Gasteiger charge is -2.20. The molecule has 1 heterocycles. The number of hydrogen-bond acceptors (Lipinski definition) is 3. The van der Waals surface area contributed by atoms with E-state index in [4.69, 9.17) is 0 Å². The molecular formula is C11H11NOS. The first-order chi connectivity index (χ1) is 6.77. The Morgan fingerprint density at radius 2 is 2.00 bits per heavy atom. The Kier molecular flexibility index (Phi) is 2.59. The topological polar surface area (TPSA) is 29.1 Å². The van der Waals surface area contributed by atoms with Crippen molar-refractivity contribution in [1.29, 1.82) is 0 Å². The van der Waals surface area contributed by atoms with Gasteiger partial charge in [0.1, 0.15) is 0 Å². The van der Waals surface area contributed by atoms with E-state index >= 15 is 0 Å². The zero-order chi connectivity index (χ0) is 9.97. The van der Waals surface area contributed by atoms with Crippen LogP contribution in [0, 0.1) is 0 Å². The van der Waals surface area contributed by atoms with Gasteiger partial charge in [0.15, 0.2) is 0 Å². The van der Waals surface area contributed by atoms with Crippen LogP contribution >= 0.6 is 11.8 Å². The van der Waals surface area contributed by atoms with Gasteiger partial charge in [0, 0.05) is 11.1 Å². The van der Waals surface area contributed by atoms with E-state index in [9.17, 15) is 4.79 Å². The van der Waals surface area contributed by atoms with Gasteiger partial charge < -0.3 is 5.32 Å². The maximum atomic E-state index is 11.2. The molecule has 0 amide bonds. The average Bonchev–Trinajstić information content (AvgIpc) is 2.23. The van der Waals surface area contributed by atoms with Gasteiger partial charge in [0.2, 0.25) is 5.12 Å². The van der Waals surface area contributed by atoms with Gasteiger partial charge in [0.05, 0.1) is 6.04 Å². The number of carbonyl (C=O) groups excluding carboxylic acids is 1. The van der Waals surface area contributed by atoms with Crippen molar-refractivity contribution >= 4 is 22.6 Å². The van der Waals surface area contributed by atoms with Crippen LogP contribution < -0.4 is 5.32 Å². The van der Waals surface area contributed by atoms with Gasteiger partial charge in [-0.25, -0.2) is 0 Å². The summed E-state index contributed by atoms with van der Waals surface area (Å²) in [6.45, 7) is 1.88. The maximum Gasteiger partial charge on any atom is 0.215 e. The number of nitrogens with one attached hydrogen (secondary N) is 1. The molecule has 72 valence electrons. The van der Waals surface area contributed by atoms with Gasteiger partial charge >= 0.3 is 0 Å². The van der Waals surface area contributed by atoms with Crippen LogP contribution in [0.15, 0.2) is 35.7 Å². The number of carbonyl (C=O) groups is 1. The summed E-state index contributed by atoms with van der Waals surface area (Å²) in [4.78, 5) is 11.2. The van der Waals surface area contributed by atoms with E-state index in [1.54, 1.807) is 0 Å². The van der Waals surface area contributed by atoms with E-state index in [0.29, 0.717) is 0 Å². The lowest BCUT2D eigenvalue weighted by Crippen LogP contribution is -2.33. The fraction of sp³-hybridized carbons (Fsp3) is 0.182. The second-order valence-electron chi connectivity index (χ2n) is 3.20. The van der Waals surface area contributed by atoms with Crippen LogP contribution in [0.1, 0.15) is 12.5 Å². The molecule has 1 aliphatic heterocycles. The lowest BCUT2D eigenvalue weighted by atomic mass is 10.1. The third-order valence-corrected chi connectivity index (χ3v) is 3.04. The van der Waals surface area contributed by atoms with Crippen LogP contribution in [-0.4, -0.2) is 11.2 Å². The van der Waals surface area contributed by atoms with Crippen molar-refractivity contribution in [2.45, 2.75) is 13.0 Å². The molecule has 14 heavy (non-hydrogen) atoms. The summed E-state index contributed by atoms with van der Waals surface area (Å²) in [6, 6.07) is 9.92. The Labute approximate surface area is 87.4 Å². The molecule has 1 aromatic rings. The van der Waals surface area contributed by atoms with Crippen LogP contribution in [-0.2, 0) is 4.79 Å². The van der Waals surface area contributed by atoms with E-state index in [1.165, 1.54) is 11.8 Å². The minimum atomic E-state index is -0.0970. The molecule has 1 N–H and O–H groups in total. The minimum Gasteiger partial charge on any atom is -0.374 e. The van der Waals surface area contributed by atoms with E-state index in [0.717, 1.165) is 11.3 Å². The largest absolute Gasteiger partial charge is 0.374 e. The number of hydrogen-bond donors (Lipinski definition) is 1. The third-order valence-electron chi connectivity index (χ3n) is 2.10. The van der Waals surface area contributed by atoms with Crippen molar-refractivity contribution in [2.24, 2.45) is 0 Å². The SMILES string of the molecule is C[C@@H]1NC(c2ccccc2)=CSC1=O. The summed E-state index contributed by atoms with van der Waals surface area (Å²) in [5.41, 5.74) is 2.15. The molecule has 2 nitrogen and oxygen atoms in total. The molecule has 3 heteroatoms. The van der Waals surface area contributed by atoms with Gasteiger partial charge in [-0.1, -0.05) is 42.1 Å². The predicted molar refractivity (Wildman–Crippen MR) is 59.6 cm³/mol. The standard InChI is InChI=1S/C11H11NOS/c1-8-11(13)14-7-10(12-8)9-5-3-2-4-6-9/h2-8,12H,1H3/t8-/m0/s1. The summed E-state index contributed by atoms with van der Waals surface area (Å²) in [5.74, 6) is 0. The highest BCUT2D eigenvalue weighted by molar-refractivity contribution is 8.16. The zero-order valence-corrected chi connectivity index (χ0v) is 8.67. The van der Waals surface area contributed by atoms with Crippen LogP contribution in [0.4, 0.5) is 0 Å². The second-order valence-corrected chi connectivity index (χ2v) is 4.07. The average molecular weight is 205 g/mol. The maximum absolute atomic E-state index is 11.2. The highest BCUT2D eigenvalue weighted by Crippen LogP contribution is 2.23. The second kappa shape index (κ2) is 3.88.